The van der Waals surface area contributed by atoms with Crippen LogP contribution in [0.1, 0.15) is 90.9 Å². The molecule has 0 fully saturated rings. The molecule has 0 bridgehead atoms. The number of hydrogen-bond donors (Lipinski definition) is 0. The third-order valence-electron chi connectivity index (χ3n) is 8.14. The van der Waals surface area contributed by atoms with Crippen molar-refractivity contribution >= 4 is 5.97 Å². The van der Waals surface area contributed by atoms with E-state index in [1.165, 1.54) is 60.0 Å². The van der Waals surface area contributed by atoms with E-state index in [0.717, 1.165) is 38.5 Å². The maximum Gasteiger partial charge on any atom is 0.305 e. The Morgan fingerprint density at radius 1 is 0.838 bits per heavy atom. The van der Waals surface area contributed by atoms with Gasteiger partial charge >= 0.3 is 5.97 Å². The monoisotopic (exact) mass is 497 g/mol. The van der Waals surface area contributed by atoms with Crippen LogP contribution in [0.2, 0.25) is 0 Å². The van der Waals surface area contributed by atoms with Gasteiger partial charge in [-0.3, -0.25) is 4.79 Å². The summed E-state index contributed by atoms with van der Waals surface area (Å²) in [5.41, 5.74) is 6.82. The van der Waals surface area contributed by atoms with E-state index < -0.39 is 0 Å². The van der Waals surface area contributed by atoms with Gasteiger partial charge in [-0.1, -0.05) is 93.2 Å². The molecular weight excluding hydrogens is 454 g/mol. The van der Waals surface area contributed by atoms with Crippen LogP contribution in [0.5, 0.6) is 0 Å². The van der Waals surface area contributed by atoms with Gasteiger partial charge in [-0.15, -0.1) is 0 Å². The number of esters is 1. The molecular formula is C34H43NO2. The molecule has 0 saturated heterocycles. The lowest BCUT2D eigenvalue weighted by Gasteiger charge is -2.41. The summed E-state index contributed by atoms with van der Waals surface area (Å²) in [5, 5.41) is 0. The van der Waals surface area contributed by atoms with Gasteiger partial charge in [0.1, 0.15) is 0 Å². The maximum atomic E-state index is 12.3. The van der Waals surface area contributed by atoms with Crippen molar-refractivity contribution in [3.63, 3.8) is 0 Å². The second-order valence-corrected chi connectivity index (χ2v) is 11.5. The van der Waals surface area contributed by atoms with Crippen LogP contribution in [0.15, 0.2) is 82.5 Å². The molecule has 2 atom stereocenters. The Balaban J connectivity index is 1.08. The van der Waals surface area contributed by atoms with Crippen molar-refractivity contribution in [1.29, 1.82) is 0 Å². The Hall–Kier alpha value is -2.86. The molecule has 0 spiro atoms. The normalized spacial score (nSPS) is 21.2. The van der Waals surface area contributed by atoms with E-state index in [2.05, 4.69) is 59.5 Å². The van der Waals surface area contributed by atoms with Crippen LogP contribution >= 0.6 is 0 Å². The van der Waals surface area contributed by atoms with Crippen molar-refractivity contribution in [1.82, 2.24) is 0 Å². The minimum absolute atomic E-state index is 0.0579. The summed E-state index contributed by atoms with van der Waals surface area (Å²) in [5.74, 6) is 0.806. The SMILES string of the molecule is [C-]#[N+]C(C)(C)CCCCCCCCCCOC(=O)CCCC1=CC2=CC=CC3=CC=C4C=CC=C1C4C32. The first kappa shape index (κ1) is 27.2. The topological polar surface area (TPSA) is 30.7 Å². The molecule has 0 heterocycles. The summed E-state index contributed by atoms with van der Waals surface area (Å²) >= 11 is 0. The third kappa shape index (κ3) is 7.35. The first-order valence-corrected chi connectivity index (χ1v) is 14.4. The van der Waals surface area contributed by atoms with Gasteiger partial charge in [-0.05, 0) is 53.5 Å². The minimum Gasteiger partial charge on any atom is -0.466 e. The van der Waals surface area contributed by atoms with E-state index in [9.17, 15) is 4.79 Å². The predicted molar refractivity (Wildman–Crippen MR) is 153 cm³/mol. The van der Waals surface area contributed by atoms with Gasteiger partial charge in [0, 0.05) is 38.5 Å². The first-order chi connectivity index (χ1) is 18.0. The molecule has 4 aliphatic carbocycles. The smallest absolute Gasteiger partial charge is 0.305 e. The molecule has 0 radical (unpaired) electrons. The molecule has 0 aromatic rings. The van der Waals surface area contributed by atoms with Crippen molar-refractivity contribution in [3.8, 4) is 0 Å². The van der Waals surface area contributed by atoms with E-state index in [1.54, 1.807) is 0 Å². The van der Waals surface area contributed by atoms with E-state index in [4.69, 9.17) is 11.3 Å². The van der Waals surface area contributed by atoms with Crippen LogP contribution in [-0.4, -0.2) is 18.1 Å². The molecule has 2 unspecified atom stereocenters. The van der Waals surface area contributed by atoms with Gasteiger partial charge < -0.3 is 9.58 Å². The standard InChI is InChI=1S/C34H43NO2/c1-34(2,35-3)23-10-8-6-4-5-7-9-11-24-37-31(36)20-14-17-28-25-29-18-12-15-26-21-22-27-16-13-19-30(28)33(27)32(26)29/h12-13,15-16,18-19,21-22,25,32-33H,4-11,14,17,20,23-24H2,1-2H3. The van der Waals surface area contributed by atoms with Crippen molar-refractivity contribution in [2.45, 2.75) is 96.4 Å². The van der Waals surface area contributed by atoms with Crippen LogP contribution in [0.3, 0.4) is 0 Å². The van der Waals surface area contributed by atoms with Gasteiger partial charge in [-0.2, -0.15) is 0 Å². The molecule has 196 valence electrons. The Bertz CT molecular complexity index is 1100. The van der Waals surface area contributed by atoms with E-state index in [1.807, 2.05) is 13.8 Å². The molecule has 0 amide bonds. The molecule has 0 N–H and O–H groups in total. The fraction of sp³-hybridized carbons (Fsp3) is 0.529. The summed E-state index contributed by atoms with van der Waals surface area (Å²) in [6.45, 7) is 11.8. The van der Waals surface area contributed by atoms with Crippen molar-refractivity contribution in [3.05, 3.63) is 94.0 Å². The third-order valence-corrected chi connectivity index (χ3v) is 8.14. The second kappa shape index (κ2) is 13.1. The number of hydrogen-bond acceptors (Lipinski definition) is 2. The highest BCUT2D eigenvalue weighted by Gasteiger charge is 2.39. The quantitative estimate of drug-likeness (QED) is 0.128. The van der Waals surface area contributed by atoms with Gasteiger partial charge in [0.2, 0.25) is 5.54 Å². The molecule has 37 heavy (non-hydrogen) atoms. The highest BCUT2D eigenvalue weighted by molar-refractivity contribution is 5.69. The van der Waals surface area contributed by atoms with Crippen LogP contribution in [0, 0.1) is 18.4 Å². The van der Waals surface area contributed by atoms with Crippen molar-refractivity contribution in [2.24, 2.45) is 11.8 Å². The van der Waals surface area contributed by atoms with Crippen LogP contribution in [0.4, 0.5) is 0 Å². The second-order valence-electron chi connectivity index (χ2n) is 11.5. The minimum atomic E-state index is -0.192. The Morgan fingerprint density at radius 3 is 2.22 bits per heavy atom. The lowest BCUT2D eigenvalue weighted by Crippen LogP contribution is -2.30. The zero-order valence-electron chi connectivity index (χ0n) is 22.8. The molecule has 0 aliphatic heterocycles. The summed E-state index contributed by atoms with van der Waals surface area (Å²) in [6, 6.07) is 0. The Morgan fingerprint density at radius 2 is 1.49 bits per heavy atom. The number of unbranched alkanes of at least 4 members (excludes halogenated alkanes) is 7. The van der Waals surface area contributed by atoms with Crippen molar-refractivity contribution in [2.75, 3.05) is 6.61 Å². The van der Waals surface area contributed by atoms with Crippen LogP contribution < -0.4 is 0 Å². The fourth-order valence-electron chi connectivity index (χ4n) is 5.99. The van der Waals surface area contributed by atoms with Crippen LogP contribution in [0.25, 0.3) is 4.85 Å². The Kier molecular flexibility index (Phi) is 9.62. The van der Waals surface area contributed by atoms with Gasteiger partial charge in [-0.25, -0.2) is 6.57 Å². The number of carbonyl (C=O) groups is 1. The van der Waals surface area contributed by atoms with Crippen LogP contribution in [-0.2, 0) is 9.53 Å². The largest absolute Gasteiger partial charge is 0.466 e. The molecule has 0 aromatic carbocycles. The van der Waals surface area contributed by atoms with Gasteiger partial charge in [0.05, 0.1) is 6.61 Å². The number of allylic oxidation sites excluding steroid dienone is 14. The summed E-state index contributed by atoms with van der Waals surface area (Å²) in [7, 11) is 0. The van der Waals surface area contributed by atoms with E-state index in [-0.39, 0.29) is 11.5 Å². The maximum absolute atomic E-state index is 12.3. The molecule has 0 aromatic heterocycles. The summed E-state index contributed by atoms with van der Waals surface area (Å²) in [4.78, 5) is 16.0. The fourth-order valence-corrected chi connectivity index (χ4v) is 5.99. The molecule has 3 heteroatoms. The van der Waals surface area contributed by atoms with Crippen molar-refractivity contribution < 1.29 is 9.53 Å². The van der Waals surface area contributed by atoms with E-state index in [0.29, 0.717) is 24.9 Å². The zero-order valence-corrected chi connectivity index (χ0v) is 22.8. The number of carbonyl (C=O) groups excluding carboxylic acids is 1. The van der Waals surface area contributed by atoms with Gasteiger partial charge in [0.15, 0.2) is 0 Å². The average Bonchev–Trinajstić information content (AvgIpc) is 2.90. The lowest BCUT2D eigenvalue weighted by atomic mass is 9.62. The molecule has 4 aliphatic rings. The summed E-state index contributed by atoms with van der Waals surface area (Å²) in [6.07, 6.45) is 33.0. The molecule has 3 nitrogen and oxygen atoms in total. The number of nitrogens with zero attached hydrogens (tertiary/aromatic N) is 1. The first-order valence-electron chi connectivity index (χ1n) is 14.4. The number of ether oxygens (including phenoxy) is 1. The predicted octanol–water partition coefficient (Wildman–Crippen LogP) is 8.94. The highest BCUT2D eigenvalue weighted by Crippen LogP contribution is 2.51. The zero-order chi connectivity index (χ0) is 26.1. The molecule has 0 saturated carbocycles. The highest BCUT2D eigenvalue weighted by atomic mass is 16.5. The lowest BCUT2D eigenvalue weighted by molar-refractivity contribution is -0.143. The average molecular weight is 498 g/mol. The van der Waals surface area contributed by atoms with E-state index >= 15 is 0 Å². The summed E-state index contributed by atoms with van der Waals surface area (Å²) < 4.78 is 5.52. The Labute approximate surface area is 224 Å². The number of rotatable bonds is 15. The molecule has 4 rings (SSSR count). The van der Waals surface area contributed by atoms with Gasteiger partial charge in [0.25, 0.3) is 0 Å².